The van der Waals surface area contributed by atoms with Crippen LogP contribution in [0.15, 0.2) is 24.3 Å². The van der Waals surface area contributed by atoms with Crippen molar-refractivity contribution in [2.24, 2.45) is 0 Å². The van der Waals surface area contributed by atoms with Crippen molar-refractivity contribution >= 4 is 12.0 Å². The topological polar surface area (TPSA) is 66.8 Å². The number of aliphatic hydroxyl groups excluding tert-OH is 1. The van der Waals surface area contributed by atoms with E-state index in [1.54, 1.807) is 31.2 Å². The van der Waals surface area contributed by atoms with E-state index in [2.05, 4.69) is 4.74 Å². The van der Waals surface area contributed by atoms with Crippen molar-refractivity contribution in [2.45, 2.75) is 13.2 Å². The molecule has 0 heterocycles. The molecule has 0 amide bonds. The largest absolute Gasteiger partial charge is 0.466 e. The Morgan fingerprint density at radius 3 is 2.62 bits per heavy atom. The van der Waals surface area contributed by atoms with Crippen molar-refractivity contribution in [3.63, 3.8) is 0 Å². The summed E-state index contributed by atoms with van der Waals surface area (Å²) >= 11 is 0. The van der Waals surface area contributed by atoms with Crippen LogP contribution in [0.1, 0.15) is 23.0 Å². The van der Waals surface area contributed by atoms with Crippen molar-refractivity contribution in [3.05, 3.63) is 41.0 Å². The van der Waals surface area contributed by atoms with Gasteiger partial charge in [0.2, 0.25) is 0 Å². The third-order valence-electron chi connectivity index (χ3n) is 2.19. The van der Waals surface area contributed by atoms with Crippen molar-refractivity contribution < 1.29 is 19.7 Å². The third-order valence-corrected chi connectivity index (χ3v) is 2.19. The molecule has 0 aliphatic rings. The minimum Gasteiger partial charge on any atom is -0.466 e. The van der Waals surface area contributed by atoms with Gasteiger partial charge in [0, 0.05) is 11.6 Å². The number of hydrogen-bond acceptors (Lipinski definition) is 4. The summed E-state index contributed by atoms with van der Waals surface area (Å²) in [5, 5.41) is 18.0. The first-order valence-corrected chi connectivity index (χ1v) is 4.77. The van der Waals surface area contributed by atoms with Gasteiger partial charge in [-0.25, -0.2) is 4.79 Å². The minimum absolute atomic E-state index is 0.427. The van der Waals surface area contributed by atoms with Gasteiger partial charge in [-0.2, -0.15) is 0 Å². The highest BCUT2D eigenvalue weighted by atomic mass is 16.5. The molecule has 0 aliphatic carbocycles. The first-order valence-electron chi connectivity index (χ1n) is 4.77. The second-order valence-corrected chi connectivity index (χ2v) is 3.35. The summed E-state index contributed by atoms with van der Waals surface area (Å²) < 4.78 is 4.46. The number of aliphatic hydroxyl groups is 2. The molecule has 4 heteroatoms. The highest BCUT2D eigenvalue weighted by molar-refractivity contribution is 5.86. The SMILES string of the molecule is COC(=O)C=Cc1ccc(C(O)O)c(C)c1. The van der Waals surface area contributed by atoms with E-state index in [9.17, 15) is 4.79 Å². The van der Waals surface area contributed by atoms with E-state index < -0.39 is 12.3 Å². The average Bonchev–Trinajstić information content (AvgIpc) is 2.25. The molecule has 1 aromatic carbocycles. The van der Waals surface area contributed by atoms with Crippen LogP contribution in [-0.4, -0.2) is 23.3 Å². The highest BCUT2D eigenvalue weighted by Gasteiger charge is 2.05. The summed E-state index contributed by atoms with van der Waals surface area (Å²) in [5.41, 5.74) is 2.00. The number of carbonyl (C=O) groups is 1. The molecule has 0 saturated heterocycles. The molecule has 86 valence electrons. The lowest BCUT2D eigenvalue weighted by Crippen LogP contribution is -1.98. The number of carbonyl (C=O) groups excluding carboxylic acids is 1. The van der Waals surface area contributed by atoms with Gasteiger partial charge in [-0.15, -0.1) is 0 Å². The van der Waals surface area contributed by atoms with Gasteiger partial charge in [0.25, 0.3) is 0 Å². The van der Waals surface area contributed by atoms with Crippen LogP contribution < -0.4 is 0 Å². The van der Waals surface area contributed by atoms with Gasteiger partial charge in [-0.1, -0.05) is 18.2 Å². The third kappa shape index (κ3) is 3.18. The molecule has 2 N–H and O–H groups in total. The Labute approximate surface area is 93.8 Å². The summed E-state index contributed by atoms with van der Waals surface area (Å²) in [4.78, 5) is 10.9. The van der Waals surface area contributed by atoms with E-state index in [4.69, 9.17) is 10.2 Å². The second kappa shape index (κ2) is 5.44. The fourth-order valence-corrected chi connectivity index (χ4v) is 1.32. The second-order valence-electron chi connectivity index (χ2n) is 3.35. The van der Waals surface area contributed by atoms with Crippen LogP contribution in [0.2, 0.25) is 0 Å². The lowest BCUT2D eigenvalue weighted by molar-refractivity contribution is -0.134. The molecule has 0 unspecified atom stereocenters. The molecule has 0 radical (unpaired) electrons. The van der Waals surface area contributed by atoms with Gasteiger partial charge in [-0.05, 0) is 24.1 Å². The van der Waals surface area contributed by atoms with E-state index in [0.717, 1.165) is 11.1 Å². The molecule has 0 saturated carbocycles. The van der Waals surface area contributed by atoms with E-state index >= 15 is 0 Å². The van der Waals surface area contributed by atoms with Gasteiger partial charge in [-0.3, -0.25) is 0 Å². The number of aryl methyl sites for hydroxylation is 1. The lowest BCUT2D eigenvalue weighted by atomic mass is 10.0. The smallest absolute Gasteiger partial charge is 0.330 e. The molecular formula is C12H14O4. The maximum Gasteiger partial charge on any atom is 0.330 e. The summed E-state index contributed by atoms with van der Waals surface area (Å²) in [6.07, 6.45) is 1.44. The van der Waals surface area contributed by atoms with Crippen LogP contribution in [0.3, 0.4) is 0 Å². The zero-order chi connectivity index (χ0) is 12.1. The van der Waals surface area contributed by atoms with Crippen LogP contribution in [-0.2, 0) is 9.53 Å². The average molecular weight is 222 g/mol. The number of methoxy groups -OCH3 is 1. The number of ether oxygens (including phenoxy) is 1. The normalized spacial score (nSPS) is 11.1. The summed E-state index contributed by atoms with van der Waals surface area (Å²) in [7, 11) is 1.31. The molecule has 0 aliphatic heterocycles. The number of esters is 1. The Bertz CT molecular complexity index is 407. The molecule has 0 fully saturated rings. The van der Waals surface area contributed by atoms with Gasteiger partial charge >= 0.3 is 5.97 Å². The van der Waals surface area contributed by atoms with Crippen LogP contribution in [0.25, 0.3) is 6.08 Å². The zero-order valence-electron chi connectivity index (χ0n) is 9.18. The maximum absolute atomic E-state index is 10.9. The number of hydrogen-bond donors (Lipinski definition) is 2. The predicted octanol–water partition coefficient (Wildman–Crippen LogP) is 1.16. The van der Waals surface area contributed by atoms with E-state index in [1.165, 1.54) is 13.2 Å². The summed E-state index contributed by atoms with van der Waals surface area (Å²) in [6, 6.07) is 5.06. The fourth-order valence-electron chi connectivity index (χ4n) is 1.32. The van der Waals surface area contributed by atoms with Gasteiger partial charge in [0.15, 0.2) is 6.29 Å². The maximum atomic E-state index is 10.9. The predicted molar refractivity (Wildman–Crippen MR) is 59.4 cm³/mol. The fraction of sp³-hybridized carbons (Fsp3) is 0.250. The van der Waals surface area contributed by atoms with Crippen LogP contribution in [0.4, 0.5) is 0 Å². The standard InChI is InChI=1S/C12H14O4/c1-8-7-9(4-6-11(13)16-2)3-5-10(8)12(14)15/h3-7,12,14-15H,1-2H3. The van der Waals surface area contributed by atoms with Gasteiger partial charge in [0.1, 0.15) is 0 Å². The van der Waals surface area contributed by atoms with Gasteiger partial charge < -0.3 is 14.9 Å². The molecule has 0 aromatic heterocycles. The Hall–Kier alpha value is -1.65. The lowest BCUT2D eigenvalue weighted by Gasteiger charge is -2.08. The Kier molecular flexibility index (Phi) is 4.22. The molecule has 4 nitrogen and oxygen atoms in total. The van der Waals surface area contributed by atoms with E-state index in [1.807, 2.05) is 0 Å². The van der Waals surface area contributed by atoms with Crippen LogP contribution >= 0.6 is 0 Å². The van der Waals surface area contributed by atoms with Crippen molar-refractivity contribution in [1.29, 1.82) is 0 Å². The highest BCUT2D eigenvalue weighted by Crippen LogP contribution is 2.17. The van der Waals surface area contributed by atoms with Crippen molar-refractivity contribution in [3.8, 4) is 0 Å². The Balaban J connectivity index is 2.89. The molecule has 0 spiro atoms. The quantitative estimate of drug-likeness (QED) is 0.457. The monoisotopic (exact) mass is 222 g/mol. The number of rotatable bonds is 3. The van der Waals surface area contributed by atoms with Gasteiger partial charge in [0.05, 0.1) is 7.11 Å². The summed E-state index contributed by atoms with van der Waals surface area (Å²) in [5.74, 6) is -0.427. The zero-order valence-corrected chi connectivity index (χ0v) is 9.18. The molecule has 1 rings (SSSR count). The van der Waals surface area contributed by atoms with Crippen molar-refractivity contribution in [2.75, 3.05) is 7.11 Å². The van der Waals surface area contributed by atoms with E-state index in [0.29, 0.717) is 5.56 Å². The minimum atomic E-state index is -1.47. The number of benzene rings is 1. The Morgan fingerprint density at radius 2 is 2.12 bits per heavy atom. The van der Waals surface area contributed by atoms with E-state index in [-0.39, 0.29) is 0 Å². The van der Waals surface area contributed by atoms with Crippen molar-refractivity contribution in [1.82, 2.24) is 0 Å². The molecule has 1 aromatic rings. The first kappa shape index (κ1) is 12.4. The van der Waals surface area contributed by atoms with Crippen LogP contribution in [0, 0.1) is 6.92 Å². The van der Waals surface area contributed by atoms with Crippen LogP contribution in [0.5, 0.6) is 0 Å². The molecular weight excluding hydrogens is 208 g/mol. The molecule has 0 atom stereocenters. The first-order chi connectivity index (χ1) is 7.54. The molecule has 0 bridgehead atoms. The molecule has 16 heavy (non-hydrogen) atoms. The summed E-state index contributed by atoms with van der Waals surface area (Å²) in [6.45, 7) is 1.77. The Morgan fingerprint density at radius 1 is 1.44 bits per heavy atom.